The Kier molecular flexibility index (Phi) is 9.68. The van der Waals surface area contributed by atoms with Crippen LogP contribution in [-0.2, 0) is 17.2 Å². The number of hydrogen-bond acceptors (Lipinski definition) is 7. The van der Waals surface area contributed by atoms with Crippen molar-refractivity contribution in [1.29, 1.82) is 0 Å². The number of carbonyl (C=O) groups is 1. The van der Waals surface area contributed by atoms with Crippen molar-refractivity contribution < 1.29 is 14.6 Å². The molecule has 0 saturated heterocycles. The van der Waals surface area contributed by atoms with Crippen molar-refractivity contribution in [1.82, 2.24) is 4.57 Å². The van der Waals surface area contributed by atoms with E-state index in [2.05, 4.69) is 43.1 Å². The molecule has 3 aromatic rings. The van der Waals surface area contributed by atoms with Crippen LogP contribution in [0.25, 0.3) is 11.1 Å². The first-order chi connectivity index (χ1) is 18.9. The van der Waals surface area contributed by atoms with Gasteiger partial charge < -0.3 is 30.8 Å². The molecule has 0 radical (unpaired) electrons. The number of anilines is 2. The third-order valence-electron chi connectivity index (χ3n) is 6.29. The van der Waals surface area contributed by atoms with E-state index >= 15 is 0 Å². The molecular formula is C31H37N5O4. The Balaban J connectivity index is 1.89. The van der Waals surface area contributed by atoms with E-state index in [9.17, 15) is 9.59 Å². The number of pyridine rings is 1. The van der Waals surface area contributed by atoms with Crippen molar-refractivity contribution in [3.63, 3.8) is 0 Å². The molecule has 0 fully saturated rings. The Hall–Kier alpha value is -4.63. The van der Waals surface area contributed by atoms with Gasteiger partial charge in [-0.05, 0) is 66.1 Å². The Morgan fingerprint density at radius 2 is 1.82 bits per heavy atom. The summed E-state index contributed by atoms with van der Waals surface area (Å²) in [6, 6.07) is 15.0. The standard InChI is InChI=1S/C31H37N5O4/c1-20-24(8-7-9-25(20)35-29(38)21-10-12-23(13-11-21)31(2,3)4)22-18-26(30(39)36(6)19-22)34-28(33-5)15-14-27(32)40-17-16-37/h7-15,18-19,34,37H,5,16-17,32H2,1-4,6H3,(H,35,38)/b27-14+,28-15+. The number of aliphatic imine (C=N–C) groups is 1. The van der Waals surface area contributed by atoms with Crippen LogP contribution in [-0.4, -0.2) is 35.5 Å². The number of amides is 1. The smallest absolute Gasteiger partial charge is 0.274 e. The number of nitrogens with one attached hydrogen (secondary N) is 2. The maximum atomic E-state index is 13.0. The SMILES string of the molecule is C=N/C(=C\C=C(/N)OCCO)Nc1cc(-c2cccc(NC(=O)c3ccc(C(C)(C)C)cc3)c2C)cn(C)c1=O. The Labute approximate surface area is 234 Å². The average Bonchev–Trinajstić information content (AvgIpc) is 2.92. The quantitative estimate of drug-likeness (QED) is 0.167. The maximum absolute atomic E-state index is 13.0. The van der Waals surface area contributed by atoms with Crippen molar-refractivity contribution in [3.8, 4) is 11.1 Å². The number of aryl methyl sites for hydroxylation is 1. The van der Waals surface area contributed by atoms with E-state index in [0.717, 1.165) is 22.3 Å². The van der Waals surface area contributed by atoms with Gasteiger partial charge in [0.25, 0.3) is 11.5 Å². The minimum atomic E-state index is -0.271. The molecule has 1 aromatic heterocycles. The summed E-state index contributed by atoms with van der Waals surface area (Å²) in [6.07, 6.45) is 4.70. The largest absolute Gasteiger partial charge is 0.477 e. The van der Waals surface area contributed by atoms with E-state index in [1.807, 2.05) is 49.4 Å². The lowest BCUT2D eigenvalue weighted by Gasteiger charge is -2.19. The number of rotatable bonds is 10. The minimum absolute atomic E-state index is 0.000481. The highest BCUT2D eigenvalue weighted by atomic mass is 16.5. The second kappa shape index (κ2) is 12.9. The van der Waals surface area contributed by atoms with E-state index in [1.165, 1.54) is 16.7 Å². The lowest BCUT2D eigenvalue weighted by molar-refractivity contribution is 0.102. The average molecular weight is 544 g/mol. The van der Waals surface area contributed by atoms with Crippen molar-refractivity contribution in [2.75, 3.05) is 23.8 Å². The van der Waals surface area contributed by atoms with E-state index in [1.54, 1.807) is 19.3 Å². The fourth-order valence-corrected chi connectivity index (χ4v) is 3.99. The fraction of sp³-hybridized carbons (Fsp3) is 0.258. The predicted molar refractivity (Wildman–Crippen MR) is 162 cm³/mol. The molecule has 9 nitrogen and oxygen atoms in total. The van der Waals surface area contributed by atoms with Crippen LogP contribution >= 0.6 is 0 Å². The summed E-state index contributed by atoms with van der Waals surface area (Å²) in [4.78, 5) is 29.8. The monoisotopic (exact) mass is 543 g/mol. The van der Waals surface area contributed by atoms with Crippen molar-refractivity contribution in [2.24, 2.45) is 17.8 Å². The first-order valence-electron chi connectivity index (χ1n) is 12.8. The van der Waals surface area contributed by atoms with E-state index in [4.69, 9.17) is 15.6 Å². The predicted octanol–water partition coefficient (Wildman–Crippen LogP) is 4.67. The molecule has 0 aliphatic heterocycles. The minimum Gasteiger partial charge on any atom is -0.477 e. The molecular weight excluding hydrogens is 506 g/mol. The number of carbonyl (C=O) groups excluding carboxylic acids is 1. The van der Waals surface area contributed by atoms with Crippen LogP contribution in [0.1, 0.15) is 42.3 Å². The van der Waals surface area contributed by atoms with Gasteiger partial charge in [0.1, 0.15) is 18.1 Å². The third-order valence-corrected chi connectivity index (χ3v) is 6.29. The normalized spacial score (nSPS) is 12.2. The highest BCUT2D eigenvalue weighted by Crippen LogP contribution is 2.30. The van der Waals surface area contributed by atoms with Gasteiger partial charge in [0, 0.05) is 36.1 Å². The summed E-state index contributed by atoms with van der Waals surface area (Å²) in [7, 11) is 1.66. The summed E-state index contributed by atoms with van der Waals surface area (Å²) in [5.41, 5.74) is 10.6. The molecule has 0 aliphatic carbocycles. The van der Waals surface area contributed by atoms with Crippen LogP contribution < -0.4 is 21.9 Å². The third kappa shape index (κ3) is 7.48. The first kappa shape index (κ1) is 29.9. The molecule has 0 aliphatic rings. The van der Waals surface area contributed by atoms with Crippen LogP contribution in [0.15, 0.2) is 88.4 Å². The van der Waals surface area contributed by atoms with Crippen molar-refractivity contribution in [3.05, 3.63) is 106 Å². The van der Waals surface area contributed by atoms with Gasteiger partial charge in [-0.2, -0.15) is 0 Å². The van der Waals surface area contributed by atoms with Gasteiger partial charge in [-0.1, -0.05) is 45.0 Å². The molecule has 1 amide bonds. The summed E-state index contributed by atoms with van der Waals surface area (Å²) in [5, 5.41) is 14.9. The van der Waals surface area contributed by atoms with Crippen LogP contribution in [0.2, 0.25) is 0 Å². The summed E-state index contributed by atoms with van der Waals surface area (Å²) >= 11 is 0. The van der Waals surface area contributed by atoms with E-state index < -0.39 is 0 Å². The molecule has 3 rings (SSSR count). The molecule has 210 valence electrons. The molecule has 5 N–H and O–H groups in total. The highest BCUT2D eigenvalue weighted by Gasteiger charge is 2.16. The van der Waals surface area contributed by atoms with Gasteiger partial charge in [0.15, 0.2) is 5.88 Å². The van der Waals surface area contributed by atoms with E-state index in [0.29, 0.717) is 11.3 Å². The molecule has 0 saturated carbocycles. The summed E-state index contributed by atoms with van der Waals surface area (Å²) in [6.45, 7) is 11.7. The zero-order valence-electron chi connectivity index (χ0n) is 23.6. The molecule has 1 heterocycles. The fourth-order valence-electron chi connectivity index (χ4n) is 3.99. The Morgan fingerprint density at radius 3 is 2.45 bits per heavy atom. The van der Waals surface area contributed by atoms with Crippen LogP contribution in [0.4, 0.5) is 11.4 Å². The van der Waals surface area contributed by atoms with Crippen LogP contribution in [0.3, 0.4) is 0 Å². The number of hydrogen-bond donors (Lipinski definition) is 4. The first-order valence-corrected chi connectivity index (χ1v) is 12.8. The number of aliphatic hydroxyl groups excluding tert-OH is 1. The van der Waals surface area contributed by atoms with Gasteiger partial charge in [0.05, 0.1) is 6.61 Å². The number of ether oxygens (including phenoxy) is 1. The maximum Gasteiger partial charge on any atom is 0.274 e. The van der Waals surface area contributed by atoms with Crippen LogP contribution in [0, 0.1) is 6.92 Å². The molecule has 9 heteroatoms. The van der Waals surface area contributed by atoms with Gasteiger partial charge >= 0.3 is 0 Å². The lowest BCUT2D eigenvalue weighted by Crippen LogP contribution is -2.20. The number of nitrogens with zero attached hydrogens (tertiary/aromatic N) is 2. The summed E-state index contributed by atoms with van der Waals surface area (Å²) in [5.74, 6) is 0.156. The number of aliphatic hydroxyl groups is 1. The van der Waals surface area contributed by atoms with Gasteiger partial charge in [0.2, 0.25) is 0 Å². The number of nitrogens with two attached hydrogens (primary N) is 1. The number of allylic oxidation sites excluding steroid dienone is 2. The number of benzene rings is 2. The Bertz CT molecular complexity index is 1500. The molecule has 0 atom stereocenters. The van der Waals surface area contributed by atoms with Crippen molar-refractivity contribution >= 4 is 24.0 Å². The number of aromatic nitrogens is 1. The second-order valence-corrected chi connectivity index (χ2v) is 10.3. The topological polar surface area (TPSA) is 131 Å². The van der Waals surface area contributed by atoms with Crippen molar-refractivity contribution in [2.45, 2.75) is 33.1 Å². The molecule has 0 spiro atoms. The second-order valence-electron chi connectivity index (χ2n) is 10.3. The lowest BCUT2D eigenvalue weighted by atomic mass is 9.86. The summed E-state index contributed by atoms with van der Waals surface area (Å²) < 4.78 is 6.58. The molecule has 2 aromatic carbocycles. The van der Waals surface area contributed by atoms with Gasteiger partial charge in [-0.25, -0.2) is 4.99 Å². The molecule has 0 unspecified atom stereocenters. The van der Waals surface area contributed by atoms with Gasteiger partial charge in [-0.15, -0.1) is 0 Å². The molecule has 40 heavy (non-hydrogen) atoms. The van der Waals surface area contributed by atoms with Crippen LogP contribution in [0.5, 0.6) is 0 Å². The molecule has 0 bridgehead atoms. The van der Waals surface area contributed by atoms with Gasteiger partial charge in [-0.3, -0.25) is 9.59 Å². The zero-order chi connectivity index (χ0) is 29.4. The van der Waals surface area contributed by atoms with E-state index in [-0.39, 0.29) is 47.5 Å². The Morgan fingerprint density at radius 1 is 1.12 bits per heavy atom. The zero-order valence-corrected chi connectivity index (χ0v) is 23.6. The highest BCUT2D eigenvalue weighted by molar-refractivity contribution is 6.05.